The van der Waals surface area contributed by atoms with E-state index >= 15 is 0 Å². The SMILES string of the molecule is CC.Fc1nc2[nH]ccc2cc1Br. The molecule has 0 saturated carbocycles. The summed E-state index contributed by atoms with van der Waals surface area (Å²) in [5, 5.41) is 0.901. The molecule has 1 N–H and O–H groups in total. The Morgan fingerprint density at radius 1 is 1.46 bits per heavy atom. The third-order valence-electron chi connectivity index (χ3n) is 1.45. The number of aromatic amines is 1. The fraction of sp³-hybridized carbons (Fsp3) is 0.222. The van der Waals surface area contributed by atoms with Crippen LogP contribution in [0, 0.1) is 5.95 Å². The second kappa shape index (κ2) is 4.37. The summed E-state index contributed by atoms with van der Waals surface area (Å²) >= 11 is 3.05. The Morgan fingerprint density at radius 2 is 2.15 bits per heavy atom. The van der Waals surface area contributed by atoms with Crippen LogP contribution in [0.3, 0.4) is 0 Å². The van der Waals surface area contributed by atoms with Crippen molar-refractivity contribution < 1.29 is 4.39 Å². The van der Waals surface area contributed by atoms with Crippen LogP contribution in [0.1, 0.15) is 13.8 Å². The minimum absolute atomic E-state index is 0.393. The van der Waals surface area contributed by atoms with Crippen molar-refractivity contribution in [3.63, 3.8) is 0 Å². The van der Waals surface area contributed by atoms with Gasteiger partial charge in [0.15, 0.2) is 0 Å². The second-order valence-electron chi connectivity index (χ2n) is 2.18. The van der Waals surface area contributed by atoms with Crippen molar-refractivity contribution in [1.29, 1.82) is 0 Å². The first-order valence-electron chi connectivity index (χ1n) is 4.06. The average molecular weight is 245 g/mol. The molecule has 2 aromatic rings. The van der Waals surface area contributed by atoms with E-state index in [0.717, 1.165) is 5.39 Å². The minimum Gasteiger partial charge on any atom is -0.346 e. The Morgan fingerprint density at radius 3 is 2.85 bits per heavy atom. The van der Waals surface area contributed by atoms with Crippen molar-refractivity contribution in [1.82, 2.24) is 9.97 Å². The Bertz CT molecular complexity index is 361. The van der Waals surface area contributed by atoms with Crippen molar-refractivity contribution in [2.45, 2.75) is 13.8 Å². The van der Waals surface area contributed by atoms with Gasteiger partial charge in [-0.15, -0.1) is 0 Å². The number of H-pyrrole nitrogens is 1. The van der Waals surface area contributed by atoms with Crippen molar-refractivity contribution in [3.05, 3.63) is 28.7 Å². The zero-order valence-corrected chi connectivity index (χ0v) is 9.02. The van der Waals surface area contributed by atoms with Gasteiger partial charge in [0.2, 0.25) is 5.95 Å². The highest BCUT2D eigenvalue weighted by molar-refractivity contribution is 9.10. The smallest absolute Gasteiger partial charge is 0.229 e. The summed E-state index contributed by atoms with van der Waals surface area (Å²) in [6, 6.07) is 3.53. The van der Waals surface area contributed by atoms with Gasteiger partial charge in [-0.05, 0) is 28.1 Å². The molecule has 0 unspecified atom stereocenters. The molecular weight excluding hydrogens is 235 g/mol. The molecule has 0 saturated heterocycles. The lowest BCUT2D eigenvalue weighted by atomic mass is 10.3. The lowest BCUT2D eigenvalue weighted by Gasteiger charge is -1.92. The molecule has 0 aromatic carbocycles. The fourth-order valence-electron chi connectivity index (χ4n) is 0.934. The molecule has 0 atom stereocenters. The third-order valence-corrected chi connectivity index (χ3v) is 2.00. The van der Waals surface area contributed by atoms with Crippen LogP contribution in [0.25, 0.3) is 11.0 Å². The van der Waals surface area contributed by atoms with Crippen LogP contribution in [0.15, 0.2) is 22.8 Å². The predicted molar refractivity (Wildman–Crippen MR) is 55.1 cm³/mol. The summed E-state index contributed by atoms with van der Waals surface area (Å²) in [7, 11) is 0. The normalized spacial score (nSPS) is 9.54. The monoisotopic (exact) mass is 244 g/mol. The highest BCUT2D eigenvalue weighted by Crippen LogP contribution is 2.18. The Kier molecular flexibility index (Phi) is 3.42. The van der Waals surface area contributed by atoms with E-state index < -0.39 is 5.95 Å². The van der Waals surface area contributed by atoms with Crippen LogP contribution in [0.2, 0.25) is 0 Å². The van der Waals surface area contributed by atoms with E-state index in [4.69, 9.17) is 0 Å². The molecule has 4 heteroatoms. The van der Waals surface area contributed by atoms with Gasteiger partial charge >= 0.3 is 0 Å². The van der Waals surface area contributed by atoms with Crippen molar-refractivity contribution >= 4 is 27.0 Å². The fourth-order valence-corrected chi connectivity index (χ4v) is 1.27. The Hall–Kier alpha value is -0.900. The molecule has 0 amide bonds. The van der Waals surface area contributed by atoms with Crippen LogP contribution in [0.5, 0.6) is 0 Å². The van der Waals surface area contributed by atoms with Gasteiger partial charge in [-0.1, -0.05) is 13.8 Å². The maximum absolute atomic E-state index is 12.7. The van der Waals surface area contributed by atoms with Gasteiger partial charge in [0.1, 0.15) is 5.65 Å². The van der Waals surface area contributed by atoms with Gasteiger partial charge in [-0.25, -0.2) is 4.98 Å². The van der Waals surface area contributed by atoms with E-state index in [9.17, 15) is 4.39 Å². The summed E-state index contributed by atoms with van der Waals surface area (Å²) in [5.74, 6) is -0.486. The number of hydrogen-bond acceptors (Lipinski definition) is 1. The molecule has 70 valence electrons. The molecule has 0 bridgehead atoms. The molecular formula is C9H10BrFN2. The van der Waals surface area contributed by atoms with E-state index in [0.29, 0.717) is 10.1 Å². The van der Waals surface area contributed by atoms with Gasteiger partial charge in [0.25, 0.3) is 0 Å². The number of pyridine rings is 1. The topological polar surface area (TPSA) is 28.7 Å². The van der Waals surface area contributed by atoms with Crippen LogP contribution in [0.4, 0.5) is 4.39 Å². The molecule has 2 rings (SSSR count). The van der Waals surface area contributed by atoms with Crippen LogP contribution in [-0.4, -0.2) is 9.97 Å². The zero-order chi connectivity index (χ0) is 9.84. The predicted octanol–water partition coefficient (Wildman–Crippen LogP) is 3.49. The zero-order valence-electron chi connectivity index (χ0n) is 7.44. The number of nitrogens with one attached hydrogen (secondary N) is 1. The number of halogens is 2. The van der Waals surface area contributed by atoms with Crippen LogP contribution < -0.4 is 0 Å². The first kappa shape index (κ1) is 10.2. The van der Waals surface area contributed by atoms with Gasteiger partial charge < -0.3 is 4.98 Å². The number of hydrogen-bond donors (Lipinski definition) is 1. The average Bonchev–Trinajstić information content (AvgIpc) is 2.56. The molecule has 0 radical (unpaired) electrons. The van der Waals surface area contributed by atoms with E-state index in [-0.39, 0.29) is 0 Å². The van der Waals surface area contributed by atoms with Crippen molar-refractivity contribution in [2.75, 3.05) is 0 Å². The number of fused-ring (bicyclic) bond motifs is 1. The van der Waals surface area contributed by atoms with Crippen LogP contribution in [-0.2, 0) is 0 Å². The lowest BCUT2D eigenvalue weighted by Crippen LogP contribution is -1.84. The summed E-state index contributed by atoms with van der Waals surface area (Å²) in [4.78, 5) is 6.48. The highest BCUT2D eigenvalue weighted by atomic mass is 79.9. The number of aromatic nitrogens is 2. The van der Waals surface area contributed by atoms with E-state index in [1.165, 1.54) is 0 Å². The Balaban J connectivity index is 0.000000396. The highest BCUT2D eigenvalue weighted by Gasteiger charge is 2.02. The summed E-state index contributed by atoms with van der Waals surface area (Å²) in [5.41, 5.74) is 0.575. The van der Waals surface area contributed by atoms with Gasteiger partial charge in [-0.3, -0.25) is 0 Å². The van der Waals surface area contributed by atoms with Crippen molar-refractivity contribution in [3.8, 4) is 0 Å². The van der Waals surface area contributed by atoms with E-state index in [1.54, 1.807) is 12.3 Å². The maximum atomic E-state index is 12.7. The van der Waals surface area contributed by atoms with Gasteiger partial charge in [0.05, 0.1) is 4.47 Å². The van der Waals surface area contributed by atoms with Crippen LogP contribution >= 0.6 is 15.9 Å². The summed E-state index contributed by atoms with van der Waals surface area (Å²) in [6.45, 7) is 4.00. The Labute approximate surface area is 84.3 Å². The van der Waals surface area contributed by atoms with Crippen molar-refractivity contribution in [2.24, 2.45) is 0 Å². The molecule has 2 aromatic heterocycles. The van der Waals surface area contributed by atoms with E-state index in [1.807, 2.05) is 19.9 Å². The molecule has 0 aliphatic rings. The van der Waals surface area contributed by atoms with E-state index in [2.05, 4.69) is 25.9 Å². The molecule has 2 nitrogen and oxygen atoms in total. The second-order valence-corrected chi connectivity index (χ2v) is 3.03. The maximum Gasteiger partial charge on any atom is 0.229 e. The van der Waals surface area contributed by atoms with Gasteiger partial charge in [0, 0.05) is 11.6 Å². The minimum atomic E-state index is -0.486. The van der Waals surface area contributed by atoms with Gasteiger partial charge in [-0.2, -0.15) is 4.39 Å². The molecule has 0 aliphatic heterocycles. The molecule has 0 fully saturated rings. The quantitative estimate of drug-likeness (QED) is 0.707. The molecule has 2 heterocycles. The number of rotatable bonds is 0. The summed E-state index contributed by atoms with van der Waals surface area (Å²) < 4.78 is 13.1. The molecule has 13 heavy (non-hydrogen) atoms. The lowest BCUT2D eigenvalue weighted by molar-refractivity contribution is 0.581. The third kappa shape index (κ3) is 2.06. The number of nitrogens with zero attached hydrogens (tertiary/aromatic N) is 1. The standard InChI is InChI=1S/C7H4BrFN2.C2H6/c8-5-3-4-1-2-10-7(4)11-6(5)9;1-2/h1-3H,(H,10,11);1-2H3. The molecule has 0 spiro atoms. The first-order valence-corrected chi connectivity index (χ1v) is 4.86. The first-order chi connectivity index (χ1) is 6.27. The summed E-state index contributed by atoms with van der Waals surface area (Å²) in [6.07, 6.45) is 1.73. The largest absolute Gasteiger partial charge is 0.346 e. The molecule has 0 aliphatic carbocycles.